The first-order valence-electron chi connectivity index (χ1n) is 40.4. The molecule has 0 fully saturated rings. The van der Waals surface area contributed by atoms with Gasteiger partial charge in [0.25, 0.3) is 0 Å². The quantitative estimate of drug-likeness (QED) is 0.0243. The van der Waals surface area contributed by atoms with Gasteiger partial charge < -0.3 is 19.8 Å². The van der Waals surface area contributed by atoms with Gasteiger partial charge in [-0.25, -0.2) is 4.57 Å². The molecule has 0 radical (unpaired) electrons. The molecule has 3 atom stereocenters. The van der Waals surface area contributed by atoms with Crippen molar-refractivity contribution in [2.45, 2.75) is 437 Å². The molecule has 0 aromatic heterocycles. The van der Waals surface area contributed by atoms with Crippen LogP contribution in [0.3, 0.4) is 0 Å². The van der Waals surface area contributed by atoms with E-state index in [4.69, 9.17) is 9.05 Å². The van der Waals surface area contributed by atoms with E-state index in [0.29, 0.717) is 17.4 Å². The van der Waals surface area contributed by atoms with E-state index in [1.54, 1.807) is 6.08 Å². The second-order valence-electron chi connectivity index (χ2n) is 29.1. The molecule has 3 unspecified atom stereocenters. The van der Waals surface area contributed by atoms with Gasteiger partial charge in [0.2, 0.25) is 5.91 Å². The van der Waals surface area contributed by atoms with Crippen LogP contribution in [0.2, 0.25) is 0 Å². The van der Waals surface area contributed by atoms with Crippen molar-refractivity contribution in [3.63, 3.8) is 0 Å². The molecule has 8 nitrogen and oxygen atoms in total. The number of hydrogen-bond donors (Lipinski definition) is 3. The van der Waals surface area contributed by atoms with Crippen LogP contribution in [0.15, 0.2) is 36.5 Å². The van der Waals surface area contributed by atoms with E-state index < -0.39 is 20.0 Å². The third-order valence-corrected chi connectivity index (χ3v) is 19.8. The Morgan fingerprint density at radius 1 is 0.367 bits per heavy atom. The predicted octanol–water partition coefficient (Wildman–Crippen LogP) is 26.3. The maximum atomic E-state index is 13.1. The van der Waals surface area contributed by atoms with Gasteiger partial charge in [-0.1, -0.05) is 410 Å². The van der Waals surface area contributed by atoms with Crippen molar-refractivity contribution >= 4 is 13.7 Å². The number of aliphatic hydroxyl groups is 1. The SMILES string of the molecule is CCCCCCCCCCCCCCCCCCCC/C=C/CC/C=C/CC/C=C/C(O)C(COP(=O)(O)OCC[N+](C)(C)C)NC(=O)CCCCCCCCCCCCCCCCCCCCCCCCCCCCCCCCCCCCCCCCCC. The number of nitrogens with zero attached hydrogens (tertiary/aromatic N) is 1. The van der Waals surface area contributed by atoms with Gasteiger partial charge >= 0.3 is 7.82 Å². The van der Waals surface area contributed by atoms with E-state index in [1.165, 1.54) is 360 Å². The molecule has 9 heteroatoms. The minimum atomic E-state index is -4.37. The summed E-state index contributed by atoms with van der Waals surface area (Å²) in [5.74, 6) is -0.182. The predicted molar refractivity (Wildman–Crippen MR) is 397 cm³/mol. The number of phosphoric ester groups is 1. The minimum Gasteiger partial charge on any atom is -0.387 e. The first-order valence-corrected chi connectivity index (χ1v) is 41.9. The standard InChI is InChI=1S/C81H159N2O6P/c1-6-8-10-12-14-16-18-20-22-24-26-28-30-32-34-36-37-38-39-40-41-42-43-44-45-46-47-49-51-53-55-57-59-61-63-65-67-69-71-73-75-81(85)82-79(78-89-90(86,87)88-77-76-83(3,4)5)80(84)74-72-70-68-66-64-62-60-58-56-54-52-50-48-35-33-31-29-27-25-23-21-19-17-15-13-11-9-7-2/h56,58,64,66,72,74,79-80,84H,6-55,57,59-63,65,67-71,73,75-78H2,1-5H3,(H-,82,85,86,87)/p+1/b58-56+,66-64+,74-72+. The lowest BCUT2D eigenvalue weighted by atomic mass is 10.0. The molecule has 0 aromatic rings. The van der Waals surface area contributed by atoms with E-state index in [1.807, 2.05) is 27.2 Å². The number of quaternary nitrogens is 1. The molecule has 0 aliphatic carbocycles. The van der Waals surface area contributed by atoms with Crippen molar-refractivity contribution in [2.24, 2.45) is 0 Å². The Morgan fingerprint density at radius 2 is 0.611 bits per heavy atom. The van der Waals surface area contributed by atoms with Crippen molar-refractivity contribution in [1.29, 1.82) is 0 Å². The largest absolute Gasteiger partial charge is 0.472 e. The molecule has 0 bridgehead atoms. The van der Waals surface area contributed by atoms with E-state index in [9.17, 15) is 19.4 Å². The Kier molecular flexibility index (Phi) is 71.0. The third-order valence-electron chi connectivity index (χ3n) is 18.8. The highest BCUT2D eigenvalue weighted by Crippen LogP contribution is 2.43. The molecule has 0 aliphatic heterocycles. The molecular weight excluding hydrogens is 1130 g/mol. The van der Waals surface area contributed by atoms with Gasteiger partial charge in [-0.05, 0) is 44.9 Å². The lowest BCUT2D eigenvalue weighted by Gasteiger charge is -2.25. The minimum absolute atomic E-state index is 0.0556. The number of carbonyl (C=O) groups is 1. The van der Waals surface area contributed by atoms with Gasteiger partial charge in [0.1, 0.15) is 13.2 Å². The van der Waals surface area contributed by atoms with Crippen LogP contribution in [0.25, 0.3) is 0 Å². The van der Waals surface area contributed by atoms with Crippen LogP contribution >= 0.6 is 7.82 Å². The van der Waals surface area contributed by atoms with E-state index in [2.05, 4.69) is 43.5 Å². The average Bonchev–Trinajstić information content (AvgIpc) is 3.62. The number of unbranched alkanes of at least 4 members (excludes halogenated alkanes) is 59. The molecule has 0 saturated carbocycles. The Bertz CT molecular complexity index is 1560. The van der Waals surface area contributed by atoms with Gasteiger partial charge in [0.05, 0.1) is 39.9 Å². The molecule has 0 aromatic carbocycles. The third kappa shape index (κ3) is 74.1. The summed E-state index contributed by atoms with van der Waals surface area (Å²) in [5.41, 5.74) is 0. The Hall–Kier alpha value is -1.28. The van der Waals surface area contributed by atoms with Crippen molar-refractivity contribution in [3.8, 4) is 0 Å². The summed E-state index contributed by atoms with van der Waals surface area (Å²) in [6.45, 7) is 4.86. The number of rotatable bonds is 76. The molecule has 534 valence electrons. The smallest absolute Gasteiger partial charge is 0.387 e. The van der Waals surface area contributed by atoms with E-state index in [0.717, 1.165) is 44.9 Å². The monoisotopic (exact) mass is 1290 g/mol. The Balaban J connectivity index is 3.95. The van der Waals surface area contributed by atoms with Gasteiger partial charge in [-0.2, -0.15) is 0 Å². The van der Waals surface area contributed by atoms with Crippen LogP contribution in [0.1, 0.15) is 425 Å². The Labute approximate surface area is 563 Å². The maximum absolute atomic E-state index is 13.1. The number of hydrogen-bond acceptors (Lipinski definition) is 5. The van der Waals surface area contributed by atoms with Crippen LogP contribution in [0, 0.1) is 0 Å². The molecular formula is C81H160N2O6P+. The zero-order valence-electron chi connectivity index (χ0n) is 61.4. The number of aliphatic hydroxyl groups excluding tert-OH is 1. The maximum Gasteiger partial charge on any atom is 0.472 e. The highest BCUT2D eigenvalue weighted by atomic mass is 31.2. The molecule has 0 aliphatic rings. The highest BCUT2D eigenvalue weighted by molar-refractivity contribution is 7.47. The summed E-state index contributed by atoms with van der Waals surface area (Å²) in [6, 6.07) is -0.870. The van der Waals surface area contributed by atoms with Crippen molar-refractivity contribution in [1.82, 2.24) is 5.32 Å². The van der Waals surface area contributed by atoms with Gasteiger partial charge in [0, 0.05) is 6.42 Å². The second-order valence-corrected chi connectivity index (χ2v) is 30.6. The summed E-state index contributed by atoms with van der Waals surface area (Å²) >= 11 is 0. The molecule has 1 amide bonds. The lowest BCUT2D eigenvalue weighted by Crippen LogP contribution is -2.45. The molecule has 0 saturated heterocycles. The topological polar surface area (TPSA) is 105 Å². The molecule has 90 heavy (non-hydrogen) atoms. The average molecular weight is 1290 g/mol. The molecule has 0 spiro atoms. The number of carbonyl (C=O) groups excluding carboxylic acids is 1. The number of likely N-dealkylation sites (N-methyl/N-ethyl adjacent to an activating group) is 1. The van der Waals surface area contributed by atoms with Crippen molar-refractivity contribution < 1.29 is 32.9 Å². The Morgan fingerprint density at radius 3 is 0.889 bits per heavy atom. The van der Waals surface area contributed by atoms with Crippen LogP contribution in [0.5, 0.6) is 0 Å². The van der Waals surface area contributed by atoms with Crippen molar-refractivity contribution in [3.05, 3.63) is 36.5 Å². The summed E-state index contributed by atoms with van der Waals surface area (Å²) in [7, 11) is 1.57. The molecule has 0 rings (SSSR count). The first kappa shape index (κ1) is 88.7. The zero-order valence-corrected chi connectivity index (χ0v) is 62.3. The van der Waals surface area contributed by atoms with Crippen molar-refractivity contribution in [2.75, 3.05) is 40.9 Å². The van der Waals surface area contributed by atoms with Crippen LogP contribution in [-0.4, -0.2) is 73.4 Å². The number of allylic oxidation sites excluding steroid dienone is 5. The number of nitrogens with one attached hydrogen (secondary N) is 1. The van der Waals surface area contributed by atoms with E-state index >= 15 is 0 Å². The number of amides is 1. The summed E-state index contributed by atoms with van der Waals surface area (Å²) in [5, 5.41) is 14.0. The normalized spacial score (nSPS) is 13.6. The van der Waals surface area contributed by atoms with E-state index in [-0.39, 0.29) is 19.1 Å². The van der Waals surface area contributed by atoms with Crippen LogP contribution < -0.4 is 5.32 Å². The second kappa shape index (κ2) is 72.0. The van der Waals surface area contributed by atoms with Gasteiger partial charge in [-0.15, -0.1) is 0 Å². The van der Waals surface area contributed by atoms with Crippen LogP contribution in [-0.2, 0) is 18.4 Å². The lowest BCUT2D eigenvalue weighted by molar-refractivity contribution is -0.870. The molecule has 0 heterocycles. The fourth-order valence-corrected chi connectivity index (χ4v) is 13.3. The first-order chi connectivity index (χ1) is 44.0. The highest BCUT2D eigenvalue weighted by Gasteiger charge is 2.28. The summed E-state index contributed by atoms with van der Waals surface area (Å²) in [4.78, 5) is 23.5. The summed E-state index contributed by atoms with van der Waals surface area (Å²) in [6.07, 6.45) is 97.9. The summed E-state index contributed by atoms with van der Waals surface area (Å²) < 4.78 is 23.8. The molecule has 3 N–H and O–H groups in total. The fourth-order valence-electron chi connectivity index (χ4n) is 12.6. The number of phosphoric acid groups is 1. The fraction of sp³-hybridized carbons (Fsp3) is 0.914. The van der Waals surface area contributed by atoms with Gasteiger partial charge in [-0.3, -0.25) is 13.8 Å². The zero-order chi connectivity index (χ0) is 65.5. The van der Waals surface area contributed by atoms with Gasteiger partial charge in [0.15, 0.2) is 0 Å². The van der Waals surface area contributed by atoms with Crippen LogP contribution in [0.4, 0.5) is 0 Å².